The van der Waals surface area contributed by atoms with Gasteiger partial charge in [0.2, 0.25) is 11.8 Å². The second-order valence-corrected chi connectivity index (χ2v) is 5.99. The summed E-state index contributed by atoms with van der Waals surface area (Å²) in [5.41, 5.74) is -0.474. The fourth-order valence-electron chi connectivity index (χ4n) is 0.995. The average molecular weight is 242 g/mol. The van der Waals surface area contributed by atoms with Gasteiger partial charge in [-0.1, -0.05) is 34.6 Å². The van der Waals surface area contributed by atoms with E-state index in [1.54, 1.807) is 6.92 Å². The van der Waals surface area contributed by atoms with Gasteiger partial charge < -0.3 is 10.6 Å². The number of hydrogen-bond acceptors (Lipinski definition) is 2. The summed E-state index contributed by atoms with van der Waals surface area (Å²) in [6, 6.07) is -0.389. The van der Waals surface area contributed by atoms with E-state index >= 15 is 0 Å². The van der Waals surface area contributed by atoms with Crippen LogP contribution in [0.1, 0.15) is 48.5 Å². The SMILES string of the molecule is CC(NC(=O)C(C)(C)C)C(=O)NC(C)C(C)C. The molecule has 0 saturated carbocycles. The minimum atomic E-state index is -0.497. The minimum absolute atomic E-state index is 0.108. The summed E-state index contributed by atoms with van der Waals surface area (Å²) < 4.78 is 0. The molecule has 2 amide bonds. The van der Waals surface area contributed by atoms with Crippen LogP contribution in [0.15, 0.2) is 0 Å². The lowest BCUT2D eigenvalue weighted by molar-refractivity contribution is -0.133. The van der Waals surface area contributed by atoms with E-state index in [1.165, 1.54) is 0 Å². The second kappa shape index (κ2) is 6.03. The van der Waals surface area contributed by atoms with Crippen molar-refractivity contribution in [3.63, 3.8) is 0 Å². The Morgan fingerprint density at radius 2 is 1.41 bits per heavy atom. The summed E-state index contributed by atoms with van der Waals surface area (Å²) >= 11 is 0. The highest BCUT2D eigenvalue weighted by molar-refractivity contribution is 5.89. The Hall–Kier alpha value is -1.06. The standard InChI is InChI=1S/C13H26N2O2/c1-8(2)9(3)14-11(16)10(4)15-12(17)13(5,6)7/h8-10H,1-7H3,(H,14,16)(H,15,17). The third kappa shape index (κ3) is 5.71. The normalized spacial score (nSPS) is 15.3. The van der Waals surface area contributed by atoms with Gasteiger partial charge in [0.05, 0.1) is 0 Å². The van der Waals surface area contributed by atoms with Crippen LogP contribution in [0.3, 0.4) is 0 Å². The maximum Gasteiger partial charge on any atom is 0.242 e. The predicted octanol–water partition coefficient (Wildman–Crippen LogP) is 1.70. The Morgan fingerprint density at radius 3 is 1.76 bits per heavy atom. The fraction of sp³-hybridized carbons (Fsp3) is 0.846. The molecule has 4 nitrogen and oxygen atoms in total. The van der Waals surface area contributed by atoms with Crippen molar-refractivity contribution in [2.24, 2.45) is 11.3 Å². The van der Waals surface area contributed by atoms with Gasteiger partial charge in [-0.05, 0) is 19.8 Å². The summed E-state index contributed by atoms with van der Waals surface area (Å²) in [4.78, 5) is 23.5. The topological polar surface area (TPSA) is 58.2 Å². The van der Waals surface area contributed by atoms with E-state index < -0.39 is 11.5 Å². The van der Waals surface area contributed by atoms with Crippen molar-refractivity contribution in [3.05, 3.63) is 0 Å². The zero-order valence-electron chi connectivity index (χ0n) is 12.0. The number of carbonyl (C=O) groups is 2. The largest absolute Gasteiger partial charge is 0.352 e. The first-order chi connectivity index (χ1) is 7.55. The monoisotopic (exact) mass is 242 g/mol. The van der Waals surface area contributed by atoms with E-state index in [0.717, 1.165) is 0 Å². The third-order valence-electron chi connectivity index (χ3n) is 2.79. The smallest absolute Gasteiger partial charge is 0.242 e. The second-order valence-electron chi connectivity index (χ2n) is 5.99. The predicted molar refractivity (Wildman–Crippen MR) is 69.5 cm³/mol. The Bertz CT molecular complexity index is 280. The summed E-state index contributed by atoms with van der Waals surface area (Å²) in [6.07, 6.45) is 0. The molecular formula is C13H26N2O2. The molecule has 0 aromatic heterocycles. The molecule has 0 saturated heterocycles. The van der Waals surface area contributed by atoms with Gasteiger partial charge in [0.1, 0.15) is 6.04 Å². The average Bonchev–Trinajstić information content (AvgIpc) is 2.15. The van der Waals surface area contributed by atoms with Gasteiger partial charge in [-0.3, -0.25) is 9.59 Å². The van der Waals surface area contributed by atoms with Crippen molar-refractivity contribution in [3.8, 4) is 0 Å². The Balaban J connectivity index is 4.29. The van der Waals surface area contributed by atoms with E-state index in [9.17, 15) is 9.59 Å². The molecule has 0 heterocycles. The zero-order valence-corrected chi connectivity index (χ0v) is 12.0. The van der Waals surface area contributed by atoms with Crippen molar-refractivity contribution in [1.29, 1.82) is 0 Å². The van der Waals surface area contributed by atoms with Gasteiger partial charge in [-0.25, -0.2) is 0 Å². The first-order valence-electron chi connectivity index (χ1n) is 6.17. The quantitative estimate of drug-likeness (QED) is 0.788. The van der Waals surface area contributed by atoms with Crippen LogP contribution in [0.4, 0.5) is 0 Å². The number of rotatable bonds is 4. The maximum atomic E-state index is 11.8. The third-order valence-corrected chi connectivity index (χ3v) is 2.79. The van der Waals surface area contributed by atoms with Crippen molar-refractivity contribution in [2.75, 3.05) is 0 Å². The van der Waals surface area contributed by atoms with Gasteiger partial charge >= 0.3 is 0 Å². The van der Waals surface area contributed by atoms with Crippen LogP contribution in [0.5, 0.6) is 0 Å². The van der Waals surface area contributed by atoms with Crippen LogP contribution in [-0.4, -0.2) is 23.9 Å². The van der Waals surface area contributed by atoms with Crippen molar-refractivity contribution in [1.82, 2.24) is 10.6 Å². The lowest BCUT2D eigenvalue weighted by atomic mass is 9.95. The molecule has 0 aliphatic carbocycles. The Morgan fingerprint density at radius 1 is 0.941 bits per heavy atom. The van der Waals surface area contributed by atoms with E-state index in [4.69, 9.17) is 0 Å². The number of hydrogen-bond donors (Lipinski definition) is 2. The van der Waals surface area contributed by atoms with Gasteiger partial charge in [-0.15, -0.1) is 0 Å². The molecule has 0 aromatic rings. The van der Waals surface area contributed by atoms with Crippen molar-refractivity contribution >= 4 is 11.8 Å². The molecule has 0 rings (SSSR count). The van der Waals surface area contributed by atoms with Crippen LogP contribution in [-0.2, 0) is 9.59 Å². The number of amides is 2. The highest BCUT2D eigenvalue weighted by atomic mass is 16.2. The highest BCUT2D eigenvalue weighted by Crippen LogP contribution is 2.12. The number of carbonyl (C=O) groups excluding carboxylic acids is 2. The van der Waals surface area contributed by atoms with E-state index in [-0.39, 0.29) is 17.9 Å². The van der Waals surface area contributed by atoms with E-state index in [2.05, 4.69) is 10.6 Å². The molecule has 2 atom stereocenters. The molecule has 0 aromatic carbocycles. The Kier molecular flexibility index (Phi) is 5.66. The van der Waals surface area contributed by atoms with E-state index in [0.29, 0.717) is 5.92 Å². The summed E-state index contributed by atoms with van der Waals surface area (Å²) in [5.74, 6) is 0.130. The highest BCUT2D eigenvalue weighted by Gasteiger charge is 2.25. The molecule has 0 radical (unpaired) electrons. The minimum Gasteiger partial charge on any atom is -0.352 e. The van der Waals surface area contributed by atoms with Crippen molar-refractivity contribution in [2.45, 2.75) is 60.5 Å². The summed E-state index contributed by atoms with van der Waals surface area (Å²) in [6.45, 7) is 13.2. The summed E-state index contributed by atoms with van der Waals surface area (Å²) in [7, 11) is 0. The van der Waals surface area contributed by atoms with Crippen LogP contribution in [0, 0.1) is 11.3 Å². The van der Waals surface area contributed by atoms with Crippen molar-refractivity contribution < 1.29 is 9.59 Å². The zero-order chi connectivity index (χ0) is 13.8. The Labute approximate surface area is 105 Å². The molecule has 4 heteroatoms. The van der Waals surface area contributed by atoms with Gasteiger partial charge in [0.15, 0.2) is 0 Å². The number of nitrogens with one attached hydrogen (secondary N) is 2. The van der Waals surface area contributed by atoms with Crippen LogP contribution in [0.2, 0.25) is 0 Å². The molecular weight excluding hydrogens is 216 g/mol. The molecule has 0 spiro atoms. The molecule has 0 aliphatic rings. The molecule has 0 fully saturated rings. The first-order valence-corrected chi connectivity index (χ1v) is 6.17. The fourth-order valence-corrected chi connectivity index (χ4v) is 0.995. The molecule has 0 aliphatic heterocycles. The van der Waals surface area contributed by atoms with Crippen LogP contribution in [0.25, 0.3) is 0 Å². The summed E-state index contributed by atoms with van der Waals surface area (Å²) in [5, 5.41) is 5.60. The molecule has 2 N–H and O–H groups in total. The van der Waals surface area contributed by atoms with Gasteiger partial charge in [0, 0.05) is 11.5 Å². The molecule has 2 unspecified atom stereocenters. The molecule has 100 valence electrons. The van der Waals surface area contributed by atoms with Crippen LogP contribution < -0.4 is 10.6 Å². The lowest BCUT2D eigenvalue weighted by Gasteiger charge is -2.24. The molecule has 0 bridgehead atoms. The van der Waals surface area contributed by atoms with Gasteiger partial charge in [-0.2, -0.15) is 0 Å². The maximum absolute atomic E-state index is 11.8. The van der Waals surface area contributed by atoms with Gasteiger partial charge in [0.25, 0.3) is 0 Å². The van der Waals surface area contributed by atoms with Crippen LogP contribution >= 0.6 is 0 Å². The lowest BCUT2D eigenvalue weighted by Crippen LogP contribution is -2.50. The van der Waals surface area contributed by atoms with E-state index in [1.807, 2.05) is 41.5 Å². The molecule has 17 heavy (non-hydrogen) atoms. The first kappa shape index (κ1) is 15.9.